The highest BCUT2D eigenvalue weighted by Crippen LogP contribution is 2.67. The summed E-state index contributed by atoms with van der Waals surface area (Å²) < 4.78 is 7.63. The van der Waals surface area contributed by atoms with Crippen molar-refractivity contribution in [2.24, 2.45) is 28.6 Å². The Balaban J connectivity index is 1.32. The van der Waals surface area contributed by atoms with Crippen LogP contribution in [0.2, 0.25) is 5.04 Å². The lowest BCUT2D eigenvalue weighted by atomic mass is 9.47. The van der Waals surface area contributed by atoms with Gasteiger partial charge in [-0.1, -0.05) is 113 Å². The smallest absolute Gasteiger partial charge is 0.261 e. The molecular weight excluding hydrogens is 504 g/mol. The molecule has 4 aliphatic rings. The largest absolute Gasteiger partial charge is 0.404 e. The number of rotatable bonds is 5. The molecule has 0 saturated heterocycles. The first-order valence-corrected chi connectivity index (χ1v) is 17.7. The fraction of sp³-hybridized carbons (Fsp3) is 0.568. The summed E-state index contributed by atoms with van der Waals surface area (Å²) in [5.41, 5.74) is 1.18. The second kappa shape index (κ2) is 9.82. The lowest BCUT2D eigenvalue weighted by Gasteiger charge is -2.59. The van der Waals surface area contributed by atoms with Gasteiger partial charge in [0, 0.05) is 11.5 Å². The molecule has 3 heteroatoms. The molecule has 6 rings (SSSR count). The fourth-order valence-corrected chi connectivity index (χ4v) is 14.8. The van der Waals surface area contributed by atoms with Crippen LogP contribution in [0.25, 0.3) is 0 Å². The highest BCUT2D eigenvalue weighted by molar-refractivity contribution is 6.99. The maximum atomic E-state index is 11.5. The summed E-state index contributed by atoms with van der Waals surface area (Å²) in [7, 11) is -2.56. The van der Waals surface area contributed by atoms with Gasteiger partial charge in [-0.3, -0.25) is 0 Å². The van der Waals surface area contributed by atoms with Crippen LogP contribution in [-0.2, 0) is 4.43 Å². The molecule has 0 aromatic heterocycles. The molecule has 0 heterocycles. The van der Waals surface area contributed by atoms with Crippen molar-refractivity contribution in [2.75, 3.05) is 0 Å². The molecule has 0 amide bonds. The molecule has 3 fully saturated rings. The third-order valence-electron chi connectivity index (χ3n) is 12.4. The Hall–Kier alpha value is -1.94. The molecule has 2 aromatic rings. The summed E-state index contributed by atoms with van der Waals surface area (Å²) in [4.78, 5) is 0. The molecule has 2 nitrogen and oxygen atoms in total. The Labute approximate surface area is 244 Å². The van der Waals surface area contributed by atoms with E-state index in [1.54, 1.807) is 5.57 Å². The number of benzene rings is 2. The Morgan fingerprint density at radius 1 is 0.875 bits per heavy atom. The van der Waals surface area contributed by atoms with E-state index in [9.17, 15) is 5.11 Å². The van der Waals surface area contributed by atoms with E-state index in [0.717, 1.165) is 38.5 Å². The molecule has 40 heavy (non-hydrogen) atoms. The molecule has 0 radical (unpaired) electrons. The summed E-state index contributed by atoms with van der Waals surface area (Å²) in [5.74, 6) is 1.98. The summed E-state index contributed by atoms with van der Waals surface area (Å²) in [6.45, 7) is 16.2. The number of hydrogen-bond donors (Lipinski definition) is 1. The summed E-state index contributed by atoms with van der Waals surface area (Å²) in [6.07, 6.45) is 13.6. The topological polar surface area (TPSA) is 29.5 Å². The molecule has 0 spiro atoms. The van der Waals surface area contributed by atoms with Crippen LogP contribution in [0.1, 0.15) is 86.0 Å². The Kier molecular flexibility index (Phi) is 6.92. The first-order chi connectivity index (χ1) is 19.0. The number of hydrogen-bond acceptors (Lipinski definition) is 2. The summed E-state index contributed by atoms with van der Waals surface area (Å²) in [6, 6.07) is 22.2. The molecule has 0 aliphatic heterocycles. The van der Waals surface area contributed by atoms with E-state index >= 15 is 0 Å². The second-order valence-electron chi connectivity index (χ2n) is 15.0. The van der Waals surface area contributed by atoms with Crippen molar-refractivity contribution < 1.29 is 9.53 Å². The minimum Gasteiger partial charge on any atom is -0.404 e. The van der Waals surface area contributed by atoms with Gasteiger partial charge in [-0.25, -0.2) is 0 Å². The van der Waals surface area contributed by atoms with Crippen LogP contribution in [0.4, 0.5) is 0 Å². The van der Waals surface area contributed by atoms with E-state index in [2.05, 4.69) is 108 Å². The summed E-state index contributed by atoms with van der Waals surface area (Å²) in [5, 5.41) is 14.2. The van der Waals surface area contributed by atoms with Crippen molar-refractivity contribution in [1.29, 1.82) is 0 Å². The molecular formula is C37H50O2Si. The van der Waals surface area contributed by atoms with Gasteiger partial charge < -0.3 is 9.53 Å². The zero-order valence-corrected chi connectivity index (χ0v) is 26.5. The number of allylic oxidation sites excluding steroid dienone is 1. The zero-order valence-electron chi connectivity index (χ0n) is 25.5. The van der Waals surface area contributed by atoms with Crippen LogP contribution < -0.4 is 10.4 Å². The van der Waals surface area contributed by atoms with Crippen molar-refractivity contribution in [3.63, 3.8) is 0 Å². The van der Waals surface area contributed by atoms with Gasteiger partial charge in [-0.15, -0.1) is 6.58 Å². The minimum absolute atomic E-state index is 0.000738. The maximum absolute atomic E-state index is 11.5. The van der Waals surface area contributed by atoms with Gasteiger partial charge in [0.2, 0.25) is 0 Å². The Bertz CT molecular complexity index is 1220. The third-order valence-corrected chi connectivity index (χ3v) is 17.5. The lowest BCUT2D eigenvalue weighted by Crippen LogP contribution is -2.68. The van der Waals surface area contributed by atoms with Gasteiger partial charge in [0.15, 0.2) is 0 Å². The van der Waals surface area contributed by atoms with Crippen LogP contribution >= 0.6 is 0 Å². The molecule has 7 atom stereocenters. The van der Waals surface area contributed by atoms with Crippen LogP contribution in [0.3, 0.4) is 0 Å². The predicted octanol–water partition coefficient (Wildman–Crippen LogP) is 7.81. The van der Waals surface area contributed by atoms with Gasteiger partial charge in [-0.05, 0) is 89.9 Å². The highest BCUT2D eigenvalue weighted by atomic mass is 28.4. The van der Waals surface area contributed by atoms with Crippen molar-refractivity contribution in [1.82, 2.24) is 0 Å². The van der Waals surface area contributed by atoms with E-state index in [-0.39, 0.29) is 22.0 Å². The average molecular weight is 555 g/mol. The number of fused-ring (bicyclic) bond motifs is 5. The maximum Gasteiger partial charge on any atom is 0.261 e. The van der Waals surface area contributed by atoms with Crippen molar-refractivity contribution in [3.8, 4) is 0 Å². The number of aliphatic hydroxyl groups is 1. The quantitative estimate of drug-likeness (QED) is 0.302. The van der Waals surface area contributed by atoms with E-state index in [1.807, 2.05) is 6.08 Å². The Morgan fingerprint density at radius 2 is 1.48 bits per heavy atom. The minimum atomic E-state index is -2.56. The van der Waals surface area contributed by atoms with Gasteiger partial charge in [0.25, 0.3) is 8.32 Å². The van der Waals surface area contributed by atoms with Crippen molar-refractivity contribution in [2.45, 2.75) is 103 Å². The van der Waals surface area contributed by atoms with E-state index in [0.29, 0.717) is 17.8 Å². The average Bonchev–Trinajstić information content (AvgIpc) is 3.23. The second-order valence-corrected chi connectivity index (χ2v) is 19.3. The third kappa shape index (κ3) is 4.02. The van der Waals surface area contributed by atoms with E-state index < -0.39 is 13.9 Å². The normalized spacial score (nSPS) is 37.6. The van der Waals surface area contributed by atoms with E-state index in [4.69, 9.17) is 4.43 Å². The van der Waals surface area contributed by atoms with Gasteiger partial charge in [0.1, 0.15) is 0 Å². The van der Waals surface area contributed by atoms with E-state index in [1.165, 1.54) is 23.2 Å². The van der Waals surface area contributed by atoms with Crippen LogP contribution in [0.5, 0.6) is 0 Å². The molecule has 0 unspecified atom stereocenters. The molecule has 4 aliphatic carbocycles. The molecule has 0 bridgehead atoms. The van der Waals surface area contributed by atoms with Crippen molar-refractivity contribution >= 4 is 18.7 Å². The standard InChI is InChI=1S/C37H50O2Si/c1-7-37(38)25-22-33-31-19-18-27-26-28(20-23-35(27,5)32(31)21-24-36(33,37)6)39-40(34(2,3)4,29-14-10-8-11-15-29)30-16-12-9-13-17-30/h7-18,28,31-33,38H,1,19-26H2,2-6H3/t28-,31+,32-,33-,35-,36-,37-/m0/s1. The monoisotopic (exact) mass is 554 g/mol. The Morgan fingerprint density at radius 3 is 2.05 bits per heavy atom. The first kappa shape index (κ1) is 28.2. The van der Waals surface area contributed by atoms with Gasteiger partial charge >= 0.3 is 0 Å². The zero-order chi connectivity index (χ0) is 28.4. The molecule has 1 N–H and O–H groups in total. The molecule has 2 aromatic carbocycles. The first-order valence-electron chi connectivity index (χ1n) is 15.8. The van der Waals surface area contributed by atoms with Crippen LogP contribution in [0, 0.1) is 28.6 Å². The SMILES string of the molecule is C=C[C@]1(O)CC[C@H]2[C@@H]3CC=C4C[C@@H](O[Si](c5ccccc5)(c5ccccc5)C(C)(C)C)CC[C@]4(C)[C@H]3CC[C@@]21C. The molecule has 3 saturated carbocycles. The lowest BCUT2D eigenvalue weighted by molar-refractivity contribution is -0.101. The fourth-order valence-electron chi connectivity index (χ4n) is 10.1. The van der Waals surface area contributed by atoms with Crippen LogP contribution in [0.15, 0.2) is 85.0 Å². The van der Waals surface area contributed by atoms with Crippen LogP contribution in [-0.4, -0.2) is 25.1 Å². The van der Waals surface area contributed by atoms with Gasteiger partial charge in [-0.2, -0.15) is 0 Å². The summed E-state index contributed by atoms with van der Waals surface area (Å²) >= 11 is 0. The van der Waals surface area contributed by atoms with Crippen molar-refractivity contribution in [3.05, 3.63) is 85.0 Å². The van der Waals surface area contributed by atoms with Gasteiger partial charge in [0.05, 0.1) is 5.60 Å². The molecule has 214 valence electrons. The predicted molar refractivity (Wildman–Crippen MR) is 169 cm³/mol. The highest BCUT2D eigenvalue weighted by Gasteiger charge is 2.63.